The first kappa shape index (κ1) is 17.5. The molecular weight excluding hydrogens is 290 g/mol. The number of carbonyl (C=O) groups excluding carboxylic acids is 2. The highest BCUT2D eigenvalue weighted by atomic mass is 16.2. The molecule has 1 heterocycles. The van der Waals surface area contributed by atoms with Crippen LogP contribution < -0.4 is 16.0 Å². The standard InChI is InChI=1S/C18H27N3O2/c1-13-5-7-16(8-6-13)17(21-14(2)22)10-18(23)20-12-15-4-3-9-19-11-15/h5-8,15,17,19H,3-4,9-12H2,1-2H3,(H,20,23)(H,21,22). The Hall–Kier alpha value is -1.88. The smallest absolute Gasteiger partial charge is 0.222 e. The minimum atomic E-state index is -0.280. The van der Waals surface area contributed by atoms with Crippen molar-refractivity contribution in [3.05, 3.63) is 35.4 Å². The summed E-state index contributed by atoms with van der Waals surface area (Å²) < 4.78 is 0. The van der Waals surface area contributed by atoms with Gasteiger partial charge < -0.3 is 16.0 Å². The van der Waals surface area contributed by atoms with Crippen LogP contribution >= 0.6 is 0 Å². The van der Waals surface area contributed by atoms with Crippen molar-refractivity contribution in [3.8, 4) is 0 Å². The predicted octanol–water partition coefficient (Wildman–Crippen LogP) is 1.68. The summed E-state index contributed by atoms with van der Waals surface area (Å²) in [6, 6.07) is 7.64. The Morgan fingerprint density at radius 2 is 2.04 bits per heavy atom. The minimum absolute atomic E-state index is 0.0186. The average Bonchev–Trinajstić information content (AvgIpc) is 2.53. The van der Waals surface area contributed by atoms with Crippen molar-refractivity contribution in [1.82, 2.24) is 16.0 Å². The zero-order valence-electron chi connectivity index (χ0n) is 14.0. The third-order valence-electron chi connectivity index (χ3n) is 4.23. The van der Waals surface area contributed by atoms with Crippen LogP contribution in [0, 0.1) is 12.8 Å². The van der Waals surface area contributed by atoms with Crippen LogP contribution in [0.2, 0.25) is 0 Å². The topological polar surface area (TPSA) is 70.2 Å². The van der Waals surface area contributed by atoms with Crippen LogP contribution in [-0.4, -0.2) is 31.4 Å². The third kappa shape index (κ3) is 6.02. The van der Waals surface area contributed by atoms with Crippen LogP contribution in [0.3, 0.4) is 0 Å². The van der Waals surface area contributed by atoms with E-state index in [1.165, 1.54) is 13.3 Å². The monoisotopic (exact) mass is 317 g/mol. The molecule has 1 aliphatic rings. The molecule has 1 fully saturated rings. The van der Waals surface area contributed by atoms with Gasteiger partial charge >= 0.3 is 0 Å². The van der Waals surface area contributed by atoms with Crippen LogP contribution in [0.15, 0.2) is 24.3 Å². The lowest BCUT2D eigenvalue weighted by atomic mass is 9.99. The molecule has 0 bridgehead atoms. The fourth-order valence-electron chi connectivity index (χ4n) is 2.91. The highest BCUT2D eigenvalue weighted by Gasteiger charge is 2.19. The quantitative estimate of drug-likeness (QED) is 0.747. The van der Waals surface area contributed by atoms with E-state index in [0.29, 0.717) is 12.5 Å². The van der Waals surface area contributed by atoms with E-state index in [1.807, 2.05) is 31.2 Å². The molecular formula is C18H27N3O2. The van der Waals surface area contributed by atoms with E-state index >= 15 is 0 Å². The van der Waals surface area contributed by atoms with Gasteiger partial charge in [-0.05, 0) is 44.3 Å². The van der Waals surface area contributed by atoms with Gasteiger partial charge in [-0.15, -0.1) is 0 Å². The molecule has 0 radical (unpaired) electrons. The van der Waals surface area contributed by atoms with Crippen LogP contribution in [0.1, 0.15) is 43.4 Å². The van der Waals surface area contributed by atoms with E-state index in [2.05, 4.69) is 16.0 Å². The van der Waals surface area contributed by atoms with Gasteiger partial charge in [-0.1, -0.05) is 29.8 Å². The number of benzene rings is 1. The van der Waals surface area contributed by atoms with Gasteiger partial charge in [-0.25, -0.2) is 0 Å². The Kier molecular flexibility index (Phi) is 6.59. The van der Waals surface area contributed by atoms with Crippen molar-refractivity contribution in [1.29, 1.82) is 0 Å². The number of amides is 2. The summed E-state index contributed by atoms with van der Waals surface area (Å²) in [4.78, 5) is 23.7. The van der Waals surface area contributed by atoms with Crippen LogP contribution in [0.4, 0.5) is 0 Å². The highest BCUT2D eigenvalue weighted by molar-refractivity contribution is 5.79. The largest absolute Gasteiger partial charge is 0.356 e. The summed E-state index contributed by atoms with van der Waals surface area (Å²) in [5.74, 6) is 0.362. The Labute approximate surface area is 138 Å². The molecule has 3 N–H and O–H groups in total. The van der Waals surface area contributed by atoms with Gasteiger partial charge in [0.1, 0.15) is 0 Å². The number of aryl methyl sites for hydroxylation is 1. The van der Waals surface area contributed by atoms with Crippen molar-refractivity contribution < 1.29 is 9.59 Å². The summed E-state index contributed by atoms with van der Waals surface area (Å²) in [7, 11) is 0. The molecule has 0 aliphatic carbocycles. The number of hydrogen-bond acceptors (Lipinski definition) is 3. The van der Waals surface area contributed by atoms with E-state index in [9.17, 15) is 9.59 Å². The van der Waals surface area contributed by atoms with Crippen molar-refractivity contribution in [2.45, 2.75) is 39.2 Å². The third-order valence-corrected chi connectivity index (χ3v) is 4.23. The molecule has 1 aromatic rings. The average molecular weight is 317 g/mol. The molecule has 0 saturated carbocycles. The fourth-order valence-corrected chi connectivity index (χ4v) is 2.91. The highest BCUT2D eigenvalue weighted by Crippen LogP contribution is 2.18. The lowest BCUT2D eigenvalue weighted by Crippen LogP contribution is -2.39. The zero-order valence-corrected chi connectivity index (χ0v) is 14.0. The zero-order chi connectivity index (χ0) is 16.7. The van der Waals surface area contributed by atoms with Crippen LogP contribution in [0.25, 0.3) is 0 Å². The minimum Gasteiger partial charge on any atom is -0.356 e. The molecule has 1 saturated heterocycles. The number of nitrogens with one attached hydrogen (secondary N) is 3. The van der Waals surface area contributed by atoms with Crippen molar-refractivity contribution in [2.24, 2.45) is 5.92 Å². The summed E-state index contributed by atoms with van der Waals surface area (Å²) in [6.07, 6.45) is 2.58. The van der Waals surface area contributed by atoms with Gasteiger partial charge in [-0.3, -0.25) is 9.59 Å². The molecule has 1 aliphatic heterocycles. The molecule has 2 rings (SSSR count). The maximum absolute atomic E-state index is 12.2. The van der Waals surface area contributed by atoms with Gasteiger partial charge in [0.15, 0.2) is 0 Å². The number of rotatable bonds is 6. The lowest BCUT2D eigenvalue weighted by molar-refractivity contribution is -0.123. The molecule has 2 unspecified atom stereocenters. The van der Waals surface area contributed by atoms with Gasteiger partial charge in [0.05, 0.1) is 12.5 Å². The summed E-state index contributed by atoms with van der Waals surface area (Å²) >= 11 is 0. The van der Waals surface area contributed by atoms with E-state index < -0.39 is 0 Å². The van der Waals surface area contributed by atoms with E-state index in [1.54, 1.807) is 0 Å². The SMILES string of the molecule is CC(=O)NC(CC(=O)NCC1CCCNC1)c1ccc(C)cc1. The molecule has 0 spiro atoms. The molecule has 126 valence electrons. The molecule has 0 aromatic heterocycles. The lowest BCUT2D eigenvalue weighted by Gasteiger charge is -2.24. The maximum atomic E-state index is 12.2. The Bertz CT molecular complexity index is 522. The predicted molar refractivity (Wildman–Crippen MR) is 91.0 cm³/mol. The molecule has 5 nitrogen and oxygen atoms in total. The van der Waals surface area contributed by atoms with Crippen molar-refractivity contribution >= 4 is 11.8 Å². The summed E-state index contributed by atoms with van der Waals surface area (Å²) in [5.41, 5.74) is 2.12. The second-order valence-corrected chi connectivity index (χ2v) is 6.38. The van der Waals surface area contributed by atoms with E-state index in [4.69, 9.17) is 0 Å². The van der Waals surface area contributed by atoms with Gasteiger partial charge in [0.25, 0.3) is 0 Å². The Morgan fingerprint density at radius 3 is 2.65 bits per heavy atom. The maximum Gasteiger partial charge on any atom is 0.222 e. The first-order chi connectivity index (χ1) is 11.0. The van der Waals surface area contributed by atoms with E-state index in [0.717, 1.165) is 30.6 Å². The molecule has 2 atom stereocenters. The number of carbonyl (C=O) groups is 2. The van der Waals surface area contributed by atoms with Gasteiger partial charge in [0, 0.05) is 13.5 Å². The Balaban J connectivity index is 1.89. The number of hydrogen-bond donors (Lipinski definition) is 3. The number of piperidine rings is 1. The Morgan fingerprint density at radius 1 is 1.30 bits per heavy atom. The first-order valence-corrected chi connectivity index (χ1v) is 8.35. The van der Waals surface area contributed by atoms with Crippen LogP contribution in [-0.2, 0) is 9.59 Å². The molecule has 2 amide bonds. The first-order valence-electron chi connectivity index (χ1n) is 8.35. The van der Waals surface area contributed by atoms with Gasteiger partial charge in [0.2, 0.25) is 11.8 Å². The molecule has 5 heteroatoms. The normalized spacial score (nSPS) is 19.0. The van der Waals surface area contributed by atoms with Crippen LogP contribution in [0.5, 0.6) is 0 Å². The summed E-state index contributed by atoms with van der Waals surface area (Å²) in [5, 5.41) is 9.23. The van der Waals surface area contributed by atoms with E-state index in [-0.39, 0.29) is 24.3 Å². The van der Waals surface area contributed by atoms with Gasteiger partial charge in [-0.2, -0.15) is 0 Å². The second-order valence-electron chi connectivity index (χ2n) is 6.38. The summed E-state index contributed by atoms with van der Waals surface area (Å²) in [6.45, 7) is 6.23. The van der Waals surface area contributed by atoms with Crippen molar-refractivity contribution in [3.63, 3.8) is 0 Å². The molecule has 23 heavy (non-hydrogen) atoms. The second kappa shape index (κ2) is 8.67. The van der Waals surface area contributed by atoms with Crippen molar-refractivity contribution in [2.75, 3.05) is 19.6 Å². The molecule has 1 aromatic carbocycles. The fraction of sp³-hybridized carbons (Fsp3) is 0.556.